The van der Waals surface area contributed by atoms with Crippen LogP contribution in [0.3, 0.4) is 0 Å². The predicted octanol–water partition coefficient (Wildman–Crippen LogP) is 1.89. The SMILES string of the molecule is O=C(CN1CCN(C(=O)c2ccc([N+](=O)[O-])o2)CC1)c1cccs1. The molecule has 1 aliphatic heterocycles. The van der Waals surface area contributed by atoms with Crippen LogP contribution in [-0.2, 0) is 0 Å². The number of nitrogens with zero attached hydrogens (tertiary/aromatic N) is 3. The summed E-state index contributed by atoms with van der Waals surface area (Å²) in [6.07, 6.45) is 0. The van der Waals surface area contributed by atoms with Crippen LogP contribution in [0.4, 0.5) is 5.88 Å². The Kier molecular flexibility index (Phi) is 4.72. The highest BCUT2D eigenvalue weighted by atomic mass is 32.1. The molecule has 0 N–H and O–H groups in total. The number of piperazine rings is 1. The van der Waals surface area contributed by atoms with E-state index in [2.05, 4.69) is 0 Å². The molecule has 0 aliphatic carbocycles. The molecule has 0 saturated carbocycles. The molecule has 24 heavy (non-hydrogen) atoms. The first-order chi connectivity index (χ1) is 11.5. The van der Waals surface area contributed by atoms with Gasteiger partial charge in [0.1, 0.15) is 4.92 Å². The molecular weight excluding hydrogens is 334 g/mol. The normalized spacial score (nSPS) is 15.4. The van der Waals surface area contributed by atoms with Gasteiger partial charge in [0.15, 0.2) is 11.5 Å². The average Bonchev–Trinajstić information content (AvgIpc) is 3.26. The molecule has 0 bridgehead atoms. The quantitative estimate of drug-likeness (QED) is 0.464. The smallest absolute Gasteiger partial charge is 0.395 e. The van der Waals surface area contributed by atoms with Crippen molar-refractivity contribution in [3.63, 3.8) is 0 Å². The molecule has 3 heterocycles. The molecule has 2 aromatic rings. The number of ketones is 1. The van der Waals surface area contributed by atoms with Crippen molar-refractivity contribution in [2.75, 3.05) is 32.7 Å². The maximum absolute atomic E-state index is 12.3. The molecule has 0 atom stereocenters. The van der Waals surface area contributed by atoms with E-state index < -0.39 is 10.8 Å². The van der Waals surface area contributed by atoms with Crippen LogP contribution in [-0.4, -0.2) is 59.1 Å². The molecule has 0 unspecified atom stereocenters. The Morgan fingerprint density at radius 2 is 1.96 bits per heavy atom. The van der Waals surface area contributed by atoms with Crippen molar-refractivity contribution >= 4 is 28.9 Å². The van der Waals surface area contributed by atoms with E-state index in [9.17, 15) is 19.7 Å². The van der Waals surface area contributed by atoms with Crippen LogP contribution >= 0.6 is 11.3 Å². The van der Waals surface area contributed by atoms with Crippen molar-refractivity contribution in [3.05, 3.63) is 50.4 Å². The number of amides is 1. The van der Waals surface area contributed by atoms with Gasteiger partial charge in [0.25, 0.3) is 5.91 Å². The van der Waals surface area contributed by atoms with Crippen LogP contribution < -0.4 is 0 Å². The summed E-state index contributed by atoms with van der Waals surface area (Å²) in [4.78, 5) is 38.6. The van der Waals surface area contributed by atoms with Crippen LogP contribution in [0.1, 0.15) is 20.2 Å². The first-order valence-electron chi connectivity index (χ1n) is 7.37. The van der Waals surface area contributed by atoms with Crippen molar-refractivity contribution in [3.8, 4) is 0 Å². The van der Waals surface area contributed by atoms with Gasteiger partial charge in [-0.1, -0.05) is 6.07 Å². The highest BCUT2D eigenvalue weighted by Crippen LogP contribution is 2.18. The molecule has 0 radical (unpaired) electrons. The van der Waals surface area contributed by atoms with E-state index in [1.165, 1.54) is 23.5 Å². The van der Waals surface area contributed by atoms with Gasteiger partial charge in [0.2, 0.25) is 0 Å². The molecule has 1 saturated heterocycles. The molecule has 8 nitrogen and oxygen atoms in total. The fourth-order valence-corrected chi connectivity index (χ4v) is 3.18. The fraction of sp³-hybridized carbons (Fsp3) is 0.333. The number of carbonyl (C=O) groups excluding carboxylic acids is 2. The molecule has 9 heteroatoms. The summed E-state index contributed by atoms with van der Waals surface area (Å²) < 4.78 is 4.94. The third-order valence-electron chi connectivity index (χ3n) is 3.81. The number of hydrogen-bond acceptors (Lipinski definition) is 7. The van der Waals surface area contributed by atoms with Crippen molar-refractivity contribution in [1.29, 1.82) is 0 Å². The van der Waals surface area contributed by atoms with E-state index in [0.717, 1.165) is 4.88 Å². The summed E-state index contributed by atoms with van der Waals surface area (Å²) in [5, 5.41) is 12.5. The zero-order valence-corrected chi connectivity index (χ0v) is 13.5. The minimum Gasteiger partial charge on any atom is -0.395 e. The first kappa shape index (κ1) is 16.3. The second-order valence-corrected chi connectivity index (χ2v) is 6.31. The van der Waals surface area contributed by atoms with Gasteiger partial charge in [-0.3, -0.25) is 24.6 Å². The molecule has 1 amide bonds. The number of rotatable bonds is 5. The molecule has 3 rings (SSSR count). The first-order valence-corrected chi connectivity index (χ1v) is 8.25. The number of thiophene rings is 1. The van der Waals surface area contributed by atoms with E-state index >= 15 is 0 Å². The van der Waals surface area contributed by atoms with Gasteiger partial charge in [0.05, 0.1) is 17.5 Å². The van der Waals surface area contributed by atoms with Crippen molar-refractivity contribution in [2.24, 2.45) is 0 Å². The van der Waals surface area contributed by atoms with Crippen LogP contribution in [0, 0.1) is 10.1 Å². The van der Waals surface area contributed by atoms with E-state index in [-0.39, 0.29) is 17.5 Å². The highest BCUT2D eigenvalue weighted by Gasteiger charge is 2.26. The molecule has 0 aromatic carbocycles. The maximum atomic E-state index is 12.3. The third kappa shape index (κ3) is 3.52. The Bertz CT molecular complexity index is 747. The van der Waals surface area contributed by atoms with Crippen LogP contribution in [0.15, 0.2) is 34.1 Å². The fourth-order valence-electron chi connectivity index (χ4n) is 2.52. The van der Waals surface area contributed by atoms with Crippen LogP contribution in [0.5, 0.6) is 0 Å². The van der Waals surface area contributed by atoms with E-state index in [1.807, 2.05) is 16.3 Å². The maximum Gasteiger partial charge on any atom is 0.433 e. The van der Waals surface area contributed by atoms with E-state index in [1.54, 1.807) is 11.0 Å². The zero-order valence-electron chi connectivity index (χ0n) is 12.7. The number of nitro groups is 1. The van der Waals surface area contributed by atoms with Crippen LogP contribution in [0.25, 0.3) is 0 Å². The Morgan fingerprint density at radius 1 is 1.21 bits per heavy atom. The summed E-state index contributed by atoms with van der Waals surface area (Å²) in [5.74, 6) is -0.776. The predicted molar refractivity (Wildman–Crippen MR) is 86.4 cm³/mol. The highest BCUT2D eigenvalue weighted by molar-refractivity contribution is 7.12. The Labute approximate surface area is 141 Å². The van der Waals surface area contributed by atoms with Crippen molar-refractivity contribution in [2.45, 2.75) is 0 Å². The van der Waals surface area contributed by atoms with Gasteiger partial charge in [-0.2, -0.15) is 0 Å². The molecule has 126 valence electrons. The summed E-state index contributed by atoms with van der Waals surface area (Å²) >= 11 is 1.42. The zero-order chi connectivity index (χ0) is 17.1. The Hall–Kier alpha value is -2.52. The number of carbonyl (C=O) groups is 2. The Morgan fingerprint density at radius 3 is 2.54 bits per heavy atom. The summed E-state index contributed by atoms with van der Waals surface area (Å²) in [5.41, 5.74) is 0. The second kappa shape index (κ2) is 6.93. The summed E-state index contributed by atoms with van der Waals surface area (Å²) in [7, 11) is 0. The van der Waals surface area contributed by atoms with Crippen LogP contribution in [0.2, 0.25) is 0 Å². The number of Topliss-reactive ketones (excluding diaryl/α,β-unsaturated/α-hetero) is 1. The average molecular weight is 349 g/mol. The second-order valence-electron chi connectivity index (χ2n) is 5.36. The van der Waals surface area contributed by atoms with E-state index in [4.69, 9.17) is 4.42 Å². The van der Waals surface area contributed by atoms with Crippen molar-refractivity contribution in [1.82, 2.24) is 9.80 Å². The molecule has 1 aliphatic rings. The monoisotopic (exact) mass is 349 g/mol. The van der Waals surface area contributed by atoms with Gasteiger partial charge >= 0.3 is 5.88 Å². The van der Waals surface area contributed by atoms with Crippen molar-refractivity contribution < 1.29 is 18.9 Å². The van der Waals surface area contributed by atoms with Gasteiger partial charge in [-0.05, 0) is 17.5 Å². The van der Waals surface area contributed by atoms with E-state index in [0.29, 0.717) is 32.7 Å². The van der Waals surface area contributed by atoms with Gasteiger partial charge in [-0.25, -0.2) is 0 Å². The minimum atomic E-state index is -0.676. The lowest BCUT2D eigenvalue weighted by molar-refractivity contribution is -0.402. The van der Waals surface area contributed by atoms with Gasteiger partial charge in [0, 0.05) is 26.2 Å². The summed E-state index contributed by atoms with van der Waals surface area (Å²) in [6.45, 7) is 2.38. The molecule has 0 spiro atoms. The third-order valence-corrected chi connectivity index (χ3v) is 4.72. The lowest BCUT2D eigenvalue weighted by Crippen LogP contribution is -2.49. The topological polar surface area (TPSA) is 96.9 Å². The molecular formula is C15H15N3O5S. The minimum absolute atomic E-state index is 0.0372. The molecule has 1 fully saturated rings. The largest absolute Gasteiger partial charge is 0.433 e. The van der Waals surface area contributed by atoms with Gasteiger partial charge < -0.3 is 9.32 Å². The lowest BCUT2D eigenvalue weighted by atomic mass is 10.2. The Balaban J connectivity index is 1.53. The lowest BCUT2D eigenvalue weighted by Gasteiger charge is -2.33. The standard InChI is InChI=1S/C15H15N3O5S/c19-11(13-2-1-9-24-13)10-16-5-7-17(8-6-16)15(20)12-3-4-14(23-12)18(21)22/h1-4,9H,5-8,10H2. The number of hydrogen-bond donors (Lipinski definition) is 0. The molecule has 2 aromatic heterocycles. The number of furan rings is 1. The van der Waals surface area contributed by atoms with Gasteiger partial charge in [-0.15, -0.1) is 11.3 Å². The summed E-state index contributed by atoms with van der Waals surface area (Å²) in [6, 6.07) is 6.13.